The lowest BCUT2D eigenvalue weighted by Crippen LogP contribution is -2.64. The van der Waals surface area contributed by atoms with Crippen LogP contribution in [0, 0.1) is 5.92 Å². The van der Waals surface area contributed by atoms with Crippen molar-refractivity contribution in [3.63, 3.8) is 0 Å². The summed E-state index contributed by atoms with van der Waals surface area (Å²) >= 11 is 0. The number of cyclic esters (lactones) is 1. The summed E-state index contributed by atoms with van der Waals surface area (Å²) in [5.41, 5.74) is 0.673. The van der Waals surface area contributed by atoms with E-state index in [0.717, 1.165) is 18.4 Å². The lowest BCUT2D eigenvalue weighted by Gasteiger charge is -2.46. The van der Waals surface area contributed by atoms with E-state index in [1.807, 2.05) is 28.0 Å². The molecule has 2 heterocycles. The number of benzene rings is 1. The zero-order valence-corrected chi connectivity index (χ0v) is 15.0. The third-order valence-corrected chi connectivity index (χ3v) is 6.07. The van der Waals surface area contributed by atoms with Crippen molar-refractivity contribution < 1.29 is 19.4 Å². The van der Waals surface area contributed by atoms with E-state index in [1.165, 1.54) is 0 Å². The molecule has 1 atom stereocenters. The first-order valence-corrected chi connectivity index (χ1v) is 9.53. The fraction of sp³-hybridized carbons (Fsp3) is 0.600. The number of ether oxygens (including phenoxy) is 1. The highest BCUT2D eigenvalue weighted by Gasteiger charge is 2.52. The summed E-state index contributed by atoms with van der Waals surface area (Å²) < 4.78 is 5.38. The van der Waals surface area contributed by atoms with Gasteiger partial charge in [-0.1, -0.05) is 30.3 Å². The number of carbonyl (C=O) groups is 2. The second-order valence-electron chi connectivity index (χ2n) is 7.86. The molecule has 1 aliphatic carbocycles. The summed E-state index contributed by atoms with van der Waals surface area (Å²) in [4.78, 5) is 28.9. The van der Waals surface area contributed by atoms with E-state index in [1.54, 1.807) is 0 Å². The Hall–Kier alpha value is -2.08. The summed E-state index contributed by atoms with van der Waals surface area (Å²) in [6, 6.07) is 10.1. The smallest absolute Gasteiger partial charge is 0.410 e. The topological polar surface area (TPSA) is 70.1 Å². The molecule has 1 aromatic rings. The van der Waals surface area contributed by atoms with E-state index in [4.69, 9.17) is 4.74 Å². The Morgan fingerprint density at radius 3 is 2.62 bits per heavy atom. The zero-order valence-electron chi connectivity index (χ0n) is 15.0. The van der Waals surface area contributed by atoms with Gasteiger partial charge in [0.15, 0.2) is 0 Å². The Labute approximate surface area is 153 Å². The van der Waals surface area contributed by atoms with Crippen LogP contribution < -0.4 is 0 Å². The molecule has 0 radical (unpaired) electrons. The monoisotopic (exact) mass is 358 g/mol. The van der Waals surface area contributed by atoms with Crippen molar-refractivity contribution in [1.29, 1.82) is 0 Å². The van der Waals surface area contributed by atoms with Crippen LogP contribution in [0.4, 0.5) is 4.79 Å². The standard InChI is InChI=1S/C20H26N2O4/c23-17-8-6-16(7-9-17)18(24)21-10-11-22-19(25)26-14-20(22,13-21)12-15-4-2-1-3-5-15/h1-5,16-17,23H,6-14H2. The molecule has 140 valence electrons. The van der Waals surface area contributed by atoms with E-state index in [9.17, 15) is 14.7 Å². The van der Waals surface area contributed by atoms with Gasteiger partial charge < -0.3 is 14.7 Å². The molecule has 4 rings (SSSR count). The van der Waals surface area contributed by atoms with E-state index in [0.29, 0.717) is 45.5 Å². The number of hydrogen-bond donors (Lipinski definition) is 1. The van der Waals surface area contributed by atoms with Crippen LogP contribution in [0.3, 0.4) is 0 Å². The number of piperazine rings is 1. The summed E-state index contributed by atoms with van der Waals surface area (Å²) in [6.07, 6.45) is 3.06. The van der Waals surface area contributed by atoms with E-state index < -0.39 is 5.54 Å². The highest BCUT2D eigenvalue weighted by molar-refractivity contribution is 5.80. The second-order valence-corrected chi connectivity index (χ2v) is 7.86. The fourth-order valence-electron chi connectivity index (χ4n) is 4.61. The van der Waals surface area contributed by atoms with Gasteiger partial charge in [-0.15, -0.1) is 0 Å². The Kier molecular flexibility index (Phi) is 4.61. The van der Waals surface area contributed by atoms with Crippen molar-refractivity contribution in [3.8, 4) is 0 Å². The normalized spacial score (nSPS) is 31.5. The SMILES string of the molecule is O=C(C1CCC(O)CC1)N1CCN2C(=O)OCC2(Cc2ccccc2)C1. The third kappa shape index (κ3) is 3.18. The maximum Gasteiger partial charge on any atom is 0.410 e. The molecule has 1 saturated carbocycles. The minimum Gasteiger partial charge on any atom is -0.447 e. The molecule has 1 N–H and O–H groups in total. The number of fused-ring (bicyclic) bond motifs is 1. The van der Waals surface area contributed by atoms with Crippen LogP contribution in [0.2, 0.25) is 0 Å². The van der Waals surface area contributed by atoms with Crippen LogP contribution in [-0.4, -0.2) is 64.8 Å². The van der Waals surface area contributed by atoms with Gasteiger partial charge in [0.2, 0.25) is 5.91 Å². The Bertz CT molecular complexity index is 672. The van der Waals surface area contributed by atoms with Gasteiger partial charge in [-0.2, -0.15) is 0 Å². The number of nitrogens with zero attached hydrogens (tertiary/aromatic N) is 2. The molecular weight excluding hydrogens is 332 g/mol. The van der Waals surface area contributed by atoms with Gasteiger partial charge in [0.05, 0.1) is 6.10 Å². The van der Waals surface area contributed by atoms with Crippen molar-refractivity contribution in [2.45, 2.75) is 43.7 Å². The summed E-state index contributed by atoms with van der Waals surface area (Å²) in [7, 11) is 0. The molecule has 3 aliphatic rings. The Morgan fingerprint density at radius 1 is 1.15 bits per heavy atom. The van der Waals surface area contributed by atoms with Crippen LogP contribution in [0.15, 0.2) is 30.3 Å². The molecular formula is C20H26N2O4. The van der Waals surface area contributed by atoms with E-state index >= 15 is 0 Å². The number of aliphatic hydroxyl groups is 1. The molecule has 3 fully saturated rings. The predicted octanol–water partition coefficient (Wildman–Crippen LogP) is 1.81. The van der Waals surface area contributed by atoms with Crippen LogP contribution >= 0.6 is 0 Å². The van der Waals surface area contributed by atoms with Crippen LogP contribution in [-0.2, 0) is 16.0 Å². The summed E-state index contributed by atoms with van der Waals surface area (Å²) in [5, 5.41) is 9.69. The molecule has 0 aromatic heterocycles. The van der Waals surface area contributed by atoms with Gasteiger partial charge in [-0.05, 0) is 31.2 Å². The number of aliphatic hydroxyl groups excluding tert-OH is 1. The highest BCUT2D eigenvalue weighted by Crippen LogP contribution is 2.34. The fourth-order valence-corrected chi connectivity index (χ4v) is 4.61. The molecule has 1 aromatic carbocycles. The lowest BCUT2D eigenvalue weighted by atomic mass is 9.84. The minimum atomic E-state index is -0.472. The van der Waals surface area contributed by atoms with Crippen molar-refractivity contribution in [3.05, 3.63) is 35.9 Å². The quantitative estimate of drug-likeness (QED) is 0.895. The largest absolute Gasteiger partial charge is 0.447 e. The summed E-state index contributed by atoms with van der Waals surface area (Å²) in [5.74, 6) is 0.167. The number of hydrogen-bond acceptors (Lipinski definition) is 4. The zero-order chi connectivity index (χ0) is 18.1. The number of carbonyl (C=O) groups excluding carboxylic acids is 2. The average Bonchev–Trinajstić information content (AvgIpc) is 2.98. The number of rotatable bonds is 3. The van der Waals surface area contributed by atoms with Crippen molar-refractivity contribution >= 4 is 12.0 Å². The van der Waals surface area contributed by atoms with Gasteiger partial charge in [0, 0.05) is 32.0 Å². The van der Waals surface area contributed by atoms with Crippen LogP contribution in [0.5, 0.6) is 0 Å². The van der Waals surface area contributed by atoms with Crippen molar-refractivity contribution in [2.24, 2.45) is 5.92 Å². The Balaban J connectivity index is 1.51. The van der Waals surface area contributed by atoms with Crippen LogP contribution in [0.1, 0.15) is 31.2 Å². The van der Waals surface area contributed by atoms with Gasteiger partial charge in [-0.3, -0.25) is 9.69 Å². The van der Waals surface area contributed by atoms with E-state index in [-0.39, 0.29) is 24.0 Å². The first-order valence-electron chi connectivity index (χ1n) is 9.53. The third-order valence-electron chi connectivity index (χ3n) is 6.07. The first kappa shape index (κ1) is 17.3. The van der Waals surface area contributed by atoms with Crippen molar-refractivity contribution in [2.75, 3.05) is 26.2 Å². The van der Waals surface area contributed by atoms with Gasteiger partial charge >= 0.3 is 6.09 Å². The molecule has 6 heteroatoms. The van der Waals surface area contributed by atoms with Crippen molar-refractivity contribution in [1.82, 2.24) is 9.80 Å². The second kappa shape index (κ2) is 6.91. The average molecular weight is 358 g/mol. The lowest BCUT2D eigenvalue weighted by molar-refractivity contribution is -0.141. The molecule has 2 amide bonds. The molecule has 1 unspecified atom stereocenters. The van der Waals surface area contributed by atoms with Gasteiger partial charge in [0.1, 0.15) is 12.1 Å². The Morgan fingerprint density at radius 2 is 1.88 bits per heavy atom. The minimum absolute atomic E-state index is 0.00301. The van der Waals surface area contributed by atoms with Crippen LogP contribution in [0.25, 0.3) is 0 Å². The first-order chi connectivity index (χ1) is 12.6. The number of amides is 2. The highest BCUT2D eigenvalue weighted by atomic mass is 16.6. The molecule has 0 bridgehead atoms. The molecule has 2 aliphatic heterocycles. The maximum absolute atomic E-state index is 13.0. The molecule has 26 heavy (non-hydrogen) atoms. The van der Waals surface area contributed by atoms with Gasteiger partial charge in [0.25, 0.3) is 0 Å². The van der Waals surface area contributed by atoms with Gasteiger partial charge in [-0.25, -0.2) is 4.79 Å². The maximum atomic E-state index is 13.0. The van der Waals surface area contributed by atoms with E-state index in [2.05, 4.69) is 12.1 Å². The molecule has 2 saturated heterocycles. The molecule has 6 nitrogen and oxygen atoms in total. The molecule has 0 spiro atoms. The predicted molar refractivity (Wildman–Crippen MR) is 95.5 cm³/mol. The summed E-state index contributed by atoms with van der Waals surface area (Å²) in [6.45, 7) is 1.93.